The summed E-state index contributed by atoms with van der Waals surface area (Å²) in [7, 11) is 0. The van der Waals surface area contributed by atoms with Gasteiger partial charge in [0.25, 0.3) is 5.91 Å². The molecular weight excluding hydrogens is 252 g/mol. The number of nitrogens with two attached hydrogens (primary N) is 1. The molecule has 0 atom stereocenters. The van der Waals surface area contributed by atoms with Crippen LogP contribution in [0.15, 0.2) is 18.2 Å². The largest absolute Gasteiger partial charge is 0.397 e. The highest BCUT2D eigenvalue weighted by molar-refractivity contribution is 6.33. The summed E-state index contributed by atoms with van der Waals surface area (Å²) in [6.07, 6.45) is 0. The standard InChI is InChI=1S/C13H19ClN2O2/c1-4-18-13(2,3)8-16-12(17)9-6-5-7-10(14)11(9)15/h5-7H,4,8,15H2,1-3H3,(H,16,17). The zero-order valence-corrected chi connectivity index (χ0v) is 11.7. The van der Waals surface area contributed by atoms with E-state index in [4.69, 9.17) is 22.1 Å². The number of hydrogen-bond acceptors (Lipinski definition) is 3. The molecular formula is C13H19ClN2O2. The second kappa shape index (κ2) is 6.07. The molecule has 0 aliphatic carbocycles. The molecule has 4 nitrogen and oxygen atoms in total. The van der Waals surface area contributed by atoms with Crippen LogP contribution in [0.3, 0.4) is 0 Å². The van der Waals surface area contributed by atoms with E-state index >= 15 is 0 Å². The van der Waals surface area contributed by atoms with Gasteiger partial charge in [-0.1, -0.05) is 17.7 Å². The average molecular weight is 271 g/mol. The Morgan fingerprint density at radius 3 is 2.78 bits per heavy atom. The summed E-state index contributed by atoms with van der Waals surface area (Å²) in [5.74, 6) is -0.247. The van der Waals surface area contributed by atoms with Gasteiger partial charge in [-0.15, -0.1) is 0 Å². The van der Waals surface area contributed by atoms with Crippen molar-refractivity contribution in [2.45, 2.75) is 26.4 Å². The van der Waals surface area contributed by atoms with Gasteiger partial charge in [-0.3, -0.25) is 4.79 Å². The van der Waals surface area contributed by atoms with Crippen molar-refractivity contribution in [2.75, 3.05) is 18.9 Å². The molecule has 0 spiro atoms. The molecule has 0 unspecified atom stereocenters. The summed E-state index contributed by atoms with van der Waals surface area (Å²) in [6.45, 7) is 6.75. The van der Waals surface area contributed by atoms with E-state index in [0.717, 1.165) is 0 Å². The fourth-order valence-corrected chi connectivity index (χ4v) is 1.74. The van der Waals surface area contributed by atoms with Crippen LogP contribution in [0.1, 0.15) is 31.1 Å². The molecule has 1 aromatic rings. The minimum Gasteiger partial charge on any atom is -0.397 e. The average Bonchev–Trinajstić information content (AvgIpc) is 2.30. The number of carbonyl (C=O) groups is 1. The van der Waals surface area contributed by atoms with Gasteiger partial charge < -0.3 is 15.8 Å². The molecule has 0 saturated carbocycles. The van der Waals surface area contributed by atoms with Crippen LogP contribution in [0, 0.1) is 0 Å². The predicted molar refractivity (Wildman–Crippen MR) is 73.9 cm³/mol. The lowest BCUT2D eigenvalue weighted by Gasteiger charge is -2.25. The molecule has 0 aliphatic heterocycles. The van der Waals surface area contributed by atoms with Gasteiger partial charge in [-0.05, 0) is 32.9 Å². The van der Waals surface area contributed by atoms with Gasteiger partial charge in [0.2, 0.25) is 0 Å². The number of nitrogens with one attached hydrogen (secondary N) is 1. The van der Waals surface area contributed by atoms with E-state index in [1.807, 2.05) is 20.8 Å². The number of amides is 1. The van der Waals surface area contributed by atoms with E-state index in [1.165, 1.54) is 0 Å². The Kier molecular flexibility index (Phi) is 4.99. The van der Waals surface area contributed by atoms with Crippen LogP contribution in [0.25, 0.3) is 0 Å². The molecule has 0 saturated heterocycles. The Morgan fingerprint density at radius 1 is 1.50 bits per heavy atom. The smallest absolute Gasteiger partial charge is 0.253 e. The second-order valence-electron chi connectivity index (χ2n) is 4.58. The zero-order valence-electron chi connectivity index (χ0n) is 10.9. The normalized spacial score (nSPS) is 11.3. The molecule has 0 radical (unpaired) electrons. The Bertz CT molecular complexity index is 433. The Hall–Kier alpha value is -1.26. The Balaban J connectivity index is 2.69. The number of carbonyl (C=O) groups excluding carboxylic acids is 1. The number of ether oxygens (including phenoxy) is 1. The maximum Gasteiger partial charge on any atom is 0.253 e. The minimum atomic E-state index is -0.405. The topological polar surface area (TPSA) is 64.3 Å². The van der Waals surface area contributed by atoms with Crippen molar-refractivity contribution in [1.82, 2.24) is 5.32 Å². The van der Waals surface area contributed by atoms with Crippen molar-refractivity contribution >= 4 is 23.2 Å². The van der Waals surface area contributed by atoms with Crippen LogP contribution in [0.4, 0.5) is 5.69 Å². The third-order valence-corrected chi connectivity index (χ3v) is 2.84. The highest BCUT2D eigenvalue weighted by atomic mass is 35.5. The van der Waals surface area contributed by atoms with Crippen LogP contribution in [0.2, 0.25) is 5.02 Å². The molecule has 5 heteroatoms. The maximum absolute atomic E-state index is 12.0. The monoisotopic (exact) mass is 270 g/mol. The lowest BCUT2D eigenvalue weighted by Crippen LogP contribution is -2.40. The van der Waals surface area contributed by atoms with E-state index in [0.29, 0.717) is 29.4 Å². The van der Waals surface area contributed by atoms with Gasteiger partial charge in [0.05, 0.1) is 21.9 Å². The summed E-state index contributed by atoms with van der Waals surface area (Å²) in [5, 5.41) is 3.17. The van der Waals surface area contributed by atoms with Gasteiger partial charge in [0.15, 0.2) is 0 Å². The maximum atomic E-state index is 12.0. The third kappa shape index (κ3) is 3.89. The van der Waals surface area contributed by atoms with E-state index in [2.05, 4.69) is 5.32 Å². The summed E-state index contributed by atoms with van der Waals surface area (Å²) in [6, 6.07) is 4.99. The van der Waals surface area contributed by atoms with Gasteiger partial charge in [-0.2, -0.15) is 0 Å². The Morgan fingerprint density at radius 2 is 2.17 bits per heavy atom. The molecule has 18 heavy (non-hydrogen) atoms. The minimum absolute atomic E-state index is 0.247. The summed E-state index contributed by atoms with van der Waals surface area (Å²) in [5.41, 5.74) is 6.03. The number of para-hydroxylation sites is 1. The molecule has 0 aromatic heterocycles. The van der Waals surface area contributed by atoms with Crippen LogP contribution in [0.5, 0.6) is 0 Å². The lowest BCUT2D eigenvalue weighted by molar-refractivity contribution is -0.00814. The number of nitrogen functional groups attached to an aromatic ring is 1. The quantitative estimate of drug-likeness (QED) is 0.808. The van der Waals surface area contributed by atoms with Gasteiger partial charge in [0, 0.05) is 13.2 Å². The molecule has 100 valence electrons. The fraction of sp³-hybridized carbons (Fsp3) is 0.462. The molecule has 1 amide bonds. The number of benzene rings is 1. The first-order chi connectivity index (χ1) is 8.37. The first-order valence-corrected chi connectivity index (χ1v) is 6.21. The van der Waals surface area contributed by atoms with Crippen molar-refractivity contribution in [3.8, 4) is 0 Å². The second-order valence-corrected chi connectivity index (χ2v) is 4.98. The SMILES string of the molecule is CCOC(C)(C)CNC(=O)c1cccc(Cl)c1N. The lowest BCUT2D eigenvalue weighted by atomic mass is 10.1. The molecule has 0 bridgehead atoms. The highest BCUT2D eigenvalue weighted by Crippen LogP contribution is 2.22. The zero-order chi connectivity index (χ0) is 13.8. The first kappa shape index (κ1) is 14.8. The molecule has 0 heterocycles. The summed E-state index contributed by atoms with van der Waals surface area (Å²) in [4.78, 5) is 12.0. The van der Waals surface area contributed by atoms with Crippen LogP contribution in [-0.4, -0.2) is 24.7 Å². The van der Waals surface area contributed by atoms with E-state index in [1.54, 1.807) is 18.2 Å². The highest BCUT2D eigenvalue weighted by Gasteiger charge is 2.20. The summed E-state index contributed by atoms with van der Waals surface area (Å²) < 4.78 is 5.50. The van der Waals surface area contributed by atoms with E-state index in [9.17, 15) is 4.79 Å². The molecule has 1 rings (SSSR count). The van der Waals surface area contributed by atoms with Gasteiger partial charge >= 0.3 is 0 Å². The van der Waals surface area contributed by atoms with Crippen molar-refractivity contribution < 1.29 is 9.53 Å². The van der Waals surface area contributed by atoms with Crippen LogP contribution in [-0.2, 0) is 4.74 Å². The first-order valence-electron chi connectivity index (χ1n) is 5.83. The van der Waals surface area contributed by atoms with Gasteiger partial charge in [-0.25, -0.2) is 0 Å². The third-order valence-electron chi connectivity index (χ3n) is 2.51. The number of hydrogen-bond donors (Lipinski definition) is 2. The van der Waals surface area contributed by atoms with Gasteiger partial charge in [0.1, 0.15) is 0 Å². The predicted octanol–water partition coefficient (Wildman–Crippen LogP) is 2.47. The molecule has 0 fully saturated rings. The molecule has 3 N–H and O–H groups in total. The molecule has 1 aromatic carbocycles. The van der Waals surface area contributed by atoms with Crippen LogP contribution < -0.4 is 11.1 Å². The number of anilines is 1. The number of halogens is 1. The fourth-order valence-electron chi connectivity index (χ4n) is 1.57. The van der Waals surface area contributed by atoms with Crippen molar-refractivity contribution in [2.24, 2.45) is 0 Å². The summed E-state index contributed by atoms with van der Waals surface area (Å²) >= 11 is 5.87. The van der Waals surface area contributed by atoms with Crippen LogP contribution >= 0.6 is 11.6 Å². The number of rotatable bonds is 5. The van der Waals surface area contributed by atoms with Crippen molar-refractivity contribution in [3.05, 3.63) is 28.8 Å². The Labute approximate surface area is 112 Å². The molecule has 0 aliphatic rings. The van der Waals surface area contributed by atoms with Crippen molar-refractivity contribution in [1.29, 1.82) is 0 Å². The van der Waals surface area contributed by atoms with E-state index in [-0.39, 0.29) is 5.91 Å². The van der Waals surface area contributed by atoms with E-state index < -0.39 is 5.60 Å². The van der Waals surface area contributed by atoms with Crippen molar-refractivity contribution in [3.63, 3.8) is 0 Å².